The molecule has 6 nitrogen and oxygen atoms in total. The number of anilines is 1. The highest BCUT2D eigenvalue weighted by Crippen LogP contribution is 2.43. The first-order valence-electron chi connectivity index (χ1n) is 9.41. The van der Waals surface area contributed by atoms with Crippen LogP contribution in [-0.4, -0.2) is 29.0 Å². The quantitative estimate of drug-likeness (QED) is 0.560. The molecule has 0 aliphatic carbocycles. The van der Waals surface area contributed by atoms with Crippen molar-refractivity contribution in [3.63, 3.8) is 0 Å². The summed E-state index contributed by atoms with van der Waals surface area (Å²) in [5.41, 5.74) is 0.922. The molecule has 0 aromatic heterocycles. The number of hydrogen-bond donors (Lipinski definition) is 2. The number of amides is 1. The maximum absolute atomic E-state index is 13.3. The number of hydrogen-bond acceptors (Lipinski definition) is 5. The Balaban J connectivity index is 1.87. The summed E-state index contributed by atoms with van der Waals surface area (Å²) >= 11 is 6.02. The number of ketones is 1. The second kappa shape index (κ2) is 8.16. The standard InChI is InChI=1S/C24H18ClNO5/c1-31-17-12-10-16(11-13-17)26-21(14-6-8-15(25)9-7-14)20(23(29)24(26)30)22(28)18-4-2-3-5-19(18)27/h2-13,21,27,29H,1H3. The highest BCUT2D eigenvalue weighted by atomic mass is 35.5. The van der Waals surface area contributed by atoms with E-state index in [1.807, 2.05) is 0 Å². The number of benzene rings is 3. The Morgan fingerprint density at radius 1 is 0.968 bits per heavy atom. The second-order valence-corrected chi connectivity index (χ2v) is 7.37. The van der Waals surface area contributed by atoms with Gasteiger partial charge in [-0.15, -0.1) is 0 Å². The Hall–Kier alpha value is -3.77. The number of para-hydroxylation sites is 1. The van der Waals surface area contributed by atoms with Crippen molar-refractivity contribution < 1.29 is 24.5 Å². The van der Waals surface area contributed by atoms with Crippen molar-refractivity contribution in [1.82, 2.24) is 0 Å². The molecule has 0 saturated heterocycles. The first kappa shape index (κ1) is 20.5. The van der Waals surface area contributed by atoms with Gasteiger partial charge >= 0.3 is 0 Å². The molecule has 3 aromatic carbocycles. The minimum Gasteiger partial charge on any atom is -0.507 e. The van der Waals surface area contributed by atoms with Crippen LogP contribution in [0.5, 0.6) is 11.5 Å². The van der Waals surface area contributed by atoms with Gasteiger partial charge in [-0.05, 0) is 54.1 Å². The van der Waals surface area contributed by atoms with Crippen molar-refractivity contribution in [2.45, 2.75) is 6.04 Å². The van der Waals surface area contributed by atoms with Crippen LogP contribution in [0.4, 0.5) is 5.69 Å². The van der Waals surface area contributed by atoms with Crippen LogP contribution in [0, 0.1) is 0 Å². The van der Waals surface area contributed by atoms with E-state index in [0.29, 0.717) is 22.0 Å². The Kier molecular flexibility index (Phi) is 5.40. The number of phenolic OH excluding ortho intramolecular Hbond substituents is 1. The smallest absolute Gasteiger partial charge is 0.294 e. The van der Waals surface area contributed by atoms with Gasteiger partial charge in [0.05, 0.1) is 24.3 Å². The van der Waals surface area contributed by atoms with E-state index >= 15 is 0 Å². The molecule has 31 heavy (non-hydrogen) atoms. The van der Waals surface area contributed by atoms with Gasteiger partial charge in [0.1, 0.15) is 11.5 Å². The van der Waals surface area contributed by atoms with Crippen molar-refractivity contribution in [1.29, 1.82) is 0 Å². The van der Waals surface area contributed by atoms with Crippen LogP contribution in [0.2, 0.25) is 5.02 Å². The van der Waals surface area contributed by atoms with Crippen LogP contribution in [0.25, 0.3) is 0 Å². The molecule has 1 amide bonds. The van der Waals surface area contributed by atoms with E-state index in [-0.39, 0.29) is 16.9 Å². The number of halogens is 1. The van der Waals surface area contributed by atoms with Crippen LogP contribution in [0.15, 0.2) is 84.1 Å². The van der Waals surface area contributed by atoms with E-state index < -0.39 is 23.5 Å². The van der Waals surface area contributed by atoms with Crippen molar-refractivity contribution in [2.24, 2.45) is 0 Å². The number of phenols is 1. The number of aromatic hydroxyl groups is 1. The third-order valence-electron chi connectivity index (χ3n) is 5.14. The number of carbonyl (C=O) groups is 2. The molecule has 2 N–H and O–H groups in total. The fraction of sp³-hybridized carbons (Fsp3) is 0.0833. The third kappa shape index (κ3) is 3.62. The summed E-state index contributed by atoms with van der Waals surface area (Å²) in [7, 11) is 1.53. The molecule has 1 heterocycles. The monoisotopic (exact) mass is 435 g/mol. The maximum Gasteiger partial charge on any atom is 0.294 e. The van der Waals surface area contributed by atoms with Gasteiger partial charge in [0, 0.05) is 10.7 Å². The Bertz CT molecular complexity index is 1190. The lowest BCUT2D eigenvalue weighted by molar-refractivity contribution is -0.117. The van der Waals surface area contributed by atoms with E-state index in [9.17, 15) is 19.8 Å². The molecule has 1 aliphatic rings. The van der Waals surface area contributed by atoms with Crippen LogP contribution in [-0.2, 0) is 4.79 Å². The molecule has 3 aromatic rings. The van der Waals surface area contributed by atoms with Crippen LogP contribution in [0.1, 0.15) is 22.0 Å². The fourth-order valence-corrected chi connectivity index (χ4v) is 3.74. The first-order chi connectivity index (χ1) is 14.9. The van der Waals surface area contributed by atoms with Crippen molar-refractivity contribution in [3.8, 4) is 11.5 Å². The van der Waals surface area contributed by atoms with E-state index in [0.717, 1.165) is 0 Å². The Morgan fingerprint density at radius 3 is 2.23 bits per heavy atom. The van der Waals surface area contributed by atoms with Crippen LogP contribution < -0.4 is 9.64 Å². The topological polar surface area (TPSA) is 87.1 Å². The van der Waals surface area contributed by atoms with Gasteiger partial charge < -0.3 is 14.9 Å². The van der Waals surface area contributed by atoms with Crippen molar-refractivity contribution >= 4 is 29.0 Å². The number of carbonyl (C=O) groups excluding carboxylic acids is 2. The SMILES string of the molecule is COc1ccc(N2C(=O)C(O)=C(C(=O)c3ccccc3O)C2c2ccc(Cl)cc2)cc1. The van der Waals surface area contributed by atoms with Gasteiger partial charge in [0.25, 0.3) is 5.91 Å². The summed E-state index contributed by atoms with van der Waals surface area (Å²) < 4.78 is 5.17. The lowest BCUT2D eigenvalue weighted by Crippen LogP contribution is -2.31. The van der Waals surface area contributed by atoms with Gasteiger partial charge in [-0.2, -0.15) is 0 Å². The molecule has 1 aliphatic heterocycles. The first-order valence-corrected chi connectivity index (χ1v) is 9.79. The number of Topliss-reactive ketones (excluding diaryl/α,β-unsaturated/α-hetero) is 1. The number of ether oxygens (including phenoxy) is 1. The third-order valence-corrected chi connectivity index (χ3v) is 5.39. The fourth-order valence-electron chi connectivity index (χ4n) is 3.62. The molecule has 0 fully saturated rings. The molecule has 0 saturated carbocycles. The van der Waals surface area contributed by atoms with Crippen molar-refractivity contribution in [3.05, 3.63) is 100 Å². The molecular formula is C24H18ClNO5. The summed E-state index contributed by atoms with van der Waals surface area (Å²) in [5.74, 6) is -1.66. The molecule has 1 atom stereocenters. The number of methoxy groups -OCH3 is 1. The summed E-state index contributed by atoms with van der Waals surface area (Å²) in [6.45, 7) is 0. The van der Waals surface area contributed by atoms with E-state index in [1.165, 1.54) is 24.1 Å². The zero-order valence-corrected chi connectivity index (χ0v) is 17.2. The van der Waals surface area contributed by atoms with Gasteiger partial charge in [-0.1, -0.05) is 35.9 Å². The van der Waals surface area contributed by atoms with Gasteiger partial charge in [0.2, 0.25) is 0 Å². The number of nitrogens with zero attached hydrogens (tertiary/aromatic N) is 1. The predicted octanol–water partition coefficient (Wildman–Crippen LogP) is 4.84. The van der Waals surface area contributed by atoms with E-state index in [1.54, 1.807) is 60.7 Å². The molecule has 4 rings (SSSR count). The average Bonchev–Trinajstić information content (AvgIpc) is 3.05. The Labute approximate surface area is 183 Å². The Morgan fingerprint density at radius 2 is 1.61 bits per heavy atom. The van der Waals surface area contributed by atoms with E-state index in [4.69, 9.17) is 16.3 Å². The molecule has 7 heteroatoms. The van der Waals surface area contributed by atoms with Gasteiger partial charge in [-0.25, -0.2) is 0 Å². The molecule has 0 bridgehead atoms. The van der Waals surface area contributed by atoms with E-state index in [2.05, 4.69) is 0 Å². The highest BCUT2D eigenvalue weighted by molar-refractivity contribution is 6.30. The maximum atomic E-state index is 13.3. The zero-order valence-electron chi connectivity index (χ0n) is 16.4. The predicted molar refractivity (Wildman–Crippen MR) is 117 cm³/mol. The lowest BCUT2D eigenvalue weighted by atomic mass is 9.92. The zero-order chi connectivity index (χ0) is 22.1. The normalized spacial score (nSPS) is 16.0. The average molecular weight is 436 g/mol. The summed E-state index contributed by atoms with van der Waals surface area (Å²) in [5, 5.41) is 21.4. The molecule has 0 spiro atoms. The number of aliphatic hydroxyl groups excluding tert-OH is 1. The molecular weight excluding hydrogens is 418 g/mol. The highest BCUT2D eigenvalue weighted by Gasteiger charge is 2.45. The molecule has 1 unspecified atom stereocenters. The summed E-state index contributed by atoms with van der Waals surface area (Å²) in [6.07, 6.45) is 0. The summed E-state index contributed by atoms with van der Waals surface area (Å²) in [4.78, 5) is 27.8. The second-order valence-electron chi connectivity index (χ2n) is 6.94. The number of aliphatic hydroxyl groups is 1. The van der Waals surface area contributed by atoms with Crippen molar-refractivity contribution in [2.75, 3.05) is 12.0 Å². The summed E-state index contributed by atoms with van der Waals surface area (Å²) in [6, 6.07) is 18.4. The largest absolute Gasteiger partial charge is 0.507 e. The minimum absolute atomic E-state index is 0.00704. The minimum atomic E-state index is -0.912. The van der Waals surface area contributed by atoms with Crippen LogP contribution in [0.3, 0.4) is 0 Å². The van der Waals surface area contributed by atoms with Gasteiger partial charge in [-0.3, -0.25) is 14.5 Å². The number of rotatable bonds is 5. The molecule has 156 valence electrons. The lowest BCUT2D eigenvalue weighted by Gasteiger charge is -2.27. The van der Waals surface area contributed by atoms with Gasteiger partial charge in [0.15, 0.2) is 11.5 Å². The molecule has 0 radical (unpaired) electrons. The van der Waals surface area contributed by atoms with Crippen LogP contribution >= 0.6 is 11.6 Å².